The van der Waals surface area contributed by atoms with Crippen molar-refractivity contribution in [2.75, 3.05) is 19.8 Å². The average molecular weight is 260 g/mol. The molecule has 1 aromatic rings. The first-order valence-electron chi connectivity index (χ1n) is 6.96. The van der Waals surface area contributed by atoms with Crippen molar-refractivity contribution in [3.63, 3.8) is 0 Å². The van der Waals surface area contributed by atoms with Crippen LogP contribution < -0.4 is 4.74 Å². The smallest absolute Gasteiger partial charge is 0.123 e. The summed E-state index contributed by atoms with van der Waals surface area (Å²) in [6, 6.07) is 6.18. The summed E-state index contributed by atoms with van der Waals surface area (Å²) in [5, 5.41) is 10.4. The van der Waals surface area contributed by atoms with Crippen molar-refractivity contribution < 1.29 is 14.6 Å². The van der Waals surface area contributed by atoms with E-state index in [-0.39, 0.29) is 0 Å². The van der Waals surface area contributed by atoms with Gasteiger partial charge >= 0.3 is 0 Å². The molecule has 0 radical (unpaired) electrons. The molecule has 0 unspecified atom stereocenters. The lowest BCUT2D eigenvalue weighted by Gasteiger charge is -2.32. The number of benzene rings is 1. The molecule has 0 amide bonds. The maximum Gasteiger partial charge on any atom is 0.123 e. The molecule has 0 aromatic heterocycles. The molecular formula is C16H20O3. The van der Waals surface area contributed by atoms with Crippen molar-refractivity contribution in [2.24, 2.45) is 0 Å². The van der Waals surface area contributed by atoms with Gasteiger partial charge in [0, 0.05) is 31.6 Å². The standard InChI is InChI=1S/C16H20O3/c17-16(8-10-18-11-9-16)12-19-15-7-3-5-13-4-1-2-6-14(13)15/h1-3,5,7,17H,4,6,8-12H2. The van der Waals surface area contributed by atoms with Gasteiger partial charge in [-0.25, -0.2) is 0 Å². The first-order chi connectivity index (χ1) is 9.27. The summed E-state index contributed by atoms with van der Waals surface area (Å²) in [5.41, 5.74) is 1.87. The third-order valence-electron chi connectivity index (χ3n) is 3.98. The minimum absolute atomic E-state index is 0.358. The highest BCUT2D eigenvalue weighted by atomic mass is 16.5. The van der Waals surface area contributed by atoms with Gasteiger partial charge in [0.1, 0.15) is 18.0 Å². The lowest BCUT2D eigenvalue weighted by molar-refractivity contribution is -0.0856. The van der Waals surface area contributed by atoms with Gasteiger partial charge in [0.05, 0.1) is 0 Å². The Balaban J connectivity index is 1.70. The zero-order valence-corrected chi connectivity index (χ0v) is 11.1. The number of aliphatic hydroxyl groups is 1. The van der Waals surface area contributed by atoms with Gasteiger partial charge in [0.15, 0.2) is 0 Å². The van der Waals surface area contributed by atoms with Crippen LogP contribution in [0.25, 0.3) is 0 Å². The van der Waals surface area contributed by atoms with Crippen LogP contribution in [-0.4, -0.2) is 30.5 Å². The van der Waals surface area contributed by atoms with Gasteiger partial charge < -0.3 is 14.6 Å². The highest BCUT2D eigenvalue weighted by molar-refractivity contribution is 5.44. The molecule has 0 atom stereocenters. The van der Waals surface area contributed by atoms with Crippen LogP contribution in [-0.2, 0) is 17.6 Å². The maximum atomic E-state index is 10.4. The summed E-state index contributed by atoms with van der Waals surface area (Å²) >= 11 is 0. The van der Waals surface area contributed by atoms with E-state index in [1.807, 2.05) is 12.1 Å². The molecule has 102 valence electrons. The Labute approximate surface area is 113 Å². The number of rotatable bonds is 3. The average Bonchev–Trinajstić information content (AvgIpc) is 2.46. The molecule has 2 aliphatic rings. The third-order valence-corrected chi connectivity index (χ3v) is 3.98. The molecule has 1 saturated heterocycles. The van der Waals surface area contributed by atoms with Crippen molar-refractivity contribution in [3.05, 3.63) is 41.5 Å². The molecular weight excluding hydrogens is 240 g/mol. The molecule has 1 N–H and O–H groups in total. The van der Waals surface area contributed by atoms with E-state index in [4.69, 9.17) is 9.47 Å². The Morgan fingerprint density at radius 3 is 2.79 bits per heavy atom. The quantitative estimate of drug-likeness (QED) is 0.847. The van der Waals surface area contributed by atoms with Gasteiger partial charge in [0.25, 0.3) is 0 Å². The van der Waals surface area contributed by atoms with Crippen molar-refractivity contribution in [1.82, 2.24) is 0 Å². The van der Waals surface area contributed by atoms with Crippen LogP contribution in [0, 0.1) is 0 Å². The Morgan fingerprint density at radius 1 is 1.16 bits per heavy atom. The number of hydrogen-bond acceptors (Lipinski definition) is 3. The third kappa shape index (κ3) is 2.82. The normalized spacial score (nSPS) is 20.9. The summed E-state index contributed by atoms with van der Waals surface area (Å²) in [6.45, 7) is 1.60. The lowest BCUT2D eigenvalue weighted by atomic mass is 9.94. The zero-order chi connectivity index (χ0) is 13.1. The monoisotopic (exact) mass is 260 g/mol. The van der Waals surface area contributed by atoms with Crippen LogP contribution in [0.5, 0.6) is 5.75 Å². The largest absolute Gasteiger partial charge is 0.490 e. The van der Waals surface area contributed by atoms with Gasteiger partial charge in [-0.15, -0.1) is 0 Å². The van der Waals surface area contributed by atoms with Gasteiger partial charge in [-0.3, -0.25) is 0 Å². The molecule has 19 heavy (non-hydrogen) atoms. The molecule has 3 heteroatoms. The van der Waals surface area contributed by atoms with Crippen LogP contribution >= 0.6 is 0 Å². The first kappa shape index (κ1) is 12.7. The van der Waals surface area contributed by atoms with E-state index in [0.717, 1.165) is 18.6 Å². The zero-order valence-electron chi connectivity index (χ0n) is 11.1. The van der Waals surface area contributed by atoms with Crippen LogP contribution in [0.3, 0.4) is 0 Å². The van der Waals surface area contributed by atoms with Crippen LogP contribution in [0.2, 0.25) is 0 Å². The highest BCUT2D eigenvalue weighted by Crippen LogP contribution is 2.29. The maximum absolute atomic E-state index is 10.4. The van der Waals surface area contributed by atoms with Gasteiger partial charge in [-0.05, 0) is 24.5 Å². The van der Waals surface area contributed by atoms with Gasteiger partial charge in [-0.2, -0.15) is 0 Å². The molecule has 3 nitrogen and oxygen atoms in total. The number of ether oxygens (including phenoxy) is 2. The summed E-state index contributed by atoms with van der Waals surface area (Å²) in [7, 11) is 0. The van der Waals surface area contributed by atoms with Gasteiger partial charge in [0.2, 0.25) is 0 Å². The van der Waals surface area contributed by atoms with E-state index in [2.05, 4.69) is 18.2 Å². The predicted molar refractivity (Wildman–Crippen MR) is 73.5 cm³/mol. The van der Waals surface area contributed by atoms with E-state index in [9.17, 15) is 5.11 Å². The van der Waals surface area contributed by atoms with E-state index in [1.54, 1.807) is 0 Å². The molecule has 1 fully saturated rings. The Bertz CT molecular complexity index is 473. The van der Waals surface area contributed by atoms with Crippen molar-refractivity contribution in [1.29, 1.82) is 0 Å². The SMILES string of the molecule is OC1(COc2cccc3c2CC=CC3)CCOCC1. The Kier molecular flexibility index (Phi) is 3.58. The van der Waals surface area contributed by atoms with Crippen molar-refractivity contribution in [3.8, 4) is 5.75 Å². The second kappa shape index (κ2) is 5.35. The number of fused-ring (bicyclic) bond motifs is 1. The second-order valence-corrected chi connectivity index (χ2v) is 5.40. The molecule has 1 aromatic carbocycles. The topological polar surface area (TPSA) is 38.7 Å². The minimum atomic E-state index is -0.731. The molecule has 0 spiro atoms. The number of allylic oxidation sites excluding steroid dienone is 2. The molecule has 3 rings (SSSR count). The van der Waals surface area contributed by atoms with Crippen LogP contribution in [0.1, 0.15) is 24.0 Å². The van der Waals surface area contributed by atoms with E-state index in [1.165, 1.54) is 11.1 Å². The lowest BCUT2D eigenvalue weighted by Crippen LogP contribution is -2.41. The van der Waals surface area contributed by atoms with Crippen molar-refractivity contribution >= 4 is 0 Å². The highest BCUT2D eigenvalue weighted by Gasteiger charge is 2.31. The van der Waals surface area contributed by atoms with Crippen LogP contribution in [0.15, 0.2) is 30.4 Å². The molecule has 0 bridgehead atoms. The Hall–Kier alpha value is -1.32. The van der Waals surface area contributed by atoms with Crippen molar-refractivity contribution in [2.45, 2.75) is 31.3 Å². The fraction of sp³-hybridized carbons (Fsp3) is 0.500. The minimum Gasteiger partial charge on any atom is -0.490 e. The predicted octanol–water partition coefficient (Wildman–Crippen LogP) is 2.26. The van der Waals surface area contributed by atoms with E-state index in [0.29, 0.717) is 32.7 Å². The van der Waals surface area contributed by atoms with E-state index >= 15 is 0 Å². The first-order valence-corrected chi connectivity index (χ1v) is 6.96. The summed E-state index contributed by atoms with van der Waals surface area (Å²) < 4.78 is 11.2. The molecule has 1 aliphatic heterocycles. The summed E-state index contributed by atoms with van der Waals surface area (Å²) in [5.74, 6) is 0.918. The van der Waals surface area contributed by atoms with E-state index < -0.39 is 5.60 Å². The number of hydrogen-bond donors (Lipinski definition) is 1. The molecule has 0 saturated carbocycles. The fourth-order valence-corrected chi connectivity index (χ4v) is 2.69. The summed E-state index contributed by atoms with van der Waals surface area (Å²) in [6.07, 6.45) is 7.58. The fourth-order valence-electron chi connectivity index (χ4n) is 2.69. The summed E-state index contributed by atoms with van der Waals surface area (Å²) in [4.78, 5) is 0. The van der Waals surface area contributed by atoms with Gasteiger partial charge in [-0.1, -0.05) is 24.3 Å². The molecule has 1 heterocycles. The van der Waals surface area contributed by atoms with Crippen LogP contribution in [0.4, 0.5) is 0 Å². The molecule has 1 aliphatic carbocycles. The second-order valence-electron chi connectivity index (χ2n) is 5.40. The Morgan fingerprint density at radius 2 is 1.95 bits per heavy atom.